The molecule has 2 rings (SSSR count). The minimum Gasteiger partial charge on any atom is -0.359 e. The monoisotopic (exact) mass is 210 g/mol. The van der Waals surface area contributed by atoms with Crippen LogP contribution in [0.2, 0.25) is 0 Å². The van der Waals surface area contributed by atoms with E-state index in [-0.39, 0.29) is 0 Å². The van der Waals surface area contributed by atoms with Crippen LogP contribution in [0, 0.1) is 6.92 Å². The van der Waals surface area contributed by atoms with Crippen LogP contribution in [0.3, 0.4) is 0 Å². The van der Waals surface area contributed by atoms with Crippen LogP contribution in [0.25, 0.3) is 10.9 Å². The van der Waals surface area contributed by atoms with Crippen molar-refractivity contribution < 1.29 is 0 Å². The molecule has 2 aromatic heterocycles. The standard InChI is InChI=1S/C8H7BrN2/c1-5-2-6-4-10-8(9)3-7(6)11-5/h2-4,11H,1H3. The van der Waals surface area contributed by atoms with Crippen LogP contribution in [0.15, 0.2) is 22.9 Å². The van der Waals surface area contributed by atoms with E-state index in [9.17, 15) is 0 Å². The number of hydrogen-bond donors (Lipinski definition) is 1. The highest BCUT2D eigenvalue weighted by Gasteiger charge is 1.97. The van der Waals surface area contributed by atoms with Gasteiger partial charge in [0.05, 0.1) is 0 Å². The lowest BCUT2D eigenvalue weighted by atomic mass is 10.3. The molecule has 0 bridgehead atoms. The summed E-state index contributed by atoms with van der Waals surface area (Å²) in [6.07, 6.45) is 1.85. The highest BCUT2D eigenvalue weighted by Crippen LogP contribution is 2.16. The fourth-order valence-electron chi connectivity index (χ4n) is 1.15. The maximum absolute atomic E-state index is 4.12. The van der Waals surface area contributed by atoms with Gasteiger partial charge in [-0.3, -0.25) is 0 Å². The number of aromatic amines is 1. The molecule has 0 saturated heterocycles. The summed E-state index contributed by atoms with van der Waals surface area (Å²) in [5.41, 5.74) is 2.30. The molecule has 0 unspecified atom stereocenters. The minimum absolute atomic E-state index is 0.867. The zero-order chi connectivity index (χ0) is 7.84. The summed E-state index contributed by atoms with van der Waals surface area (Å²) in [5, 5.41) is 1.16. The molecule has 56 valence electrons. The number of pyridine rings is 1. The van der Waals surface area contributed by atoms with E-state index in [4.69, 9.17) is 0 Å². The van der Waals surface area contributed by atoms with Crippen LogP contribution in [0.5, 0.6) is 0 Å². The third-order valence-electron chi connectivity index (χ3n) is 1.61. The van der Waals surface area contributed by atoms with Crippen LogP contribution in [-0.4, -0.2) is 9.97 Å². The Kier molecular flexibility index (Phi) is 1.46. The molecule has 3 heteroatoms. The zero-order valence-corrected chi connectivity index (χ0v) is 7.64. The average Bonchev–Trinajstić information content (AvgIpc) is 2.27. The van der Waals surface area contributed by atoms with Crippen molar-refractivity contribution in [2.45, 2.75) is 6.92 Å². The molecule has 0 atom stereocenters. The molecule has 0 radical (unpaired) electrons. The predicted molar refractivity (Wildman–Crippen MR) is 48.5 cm³/mol. The van der Waals surface area contributed by atoms with Crippen molar-refractivity contribution in [3.8, 4) is 0 Å². The summed E-state index contributed by atoms with van der Waals surface area (Å²) < 4.78 is 0.867. The molecule has 2 nitrogen and oxygen atoms in total. The third-order valence-corrected chi connectivity index (χ3v) is 2.04. The van der Waals surface area contributed by atoms with E-state index in [2.05, 4.69) is 32.0 Å². The molecule has 0 amide bonds. The van der Waals surface area contributed by atoms with E-state index in [0.717, 1.165) is 15.5 Å². The fourth-order valence-corrected chi connectivity index (χ4v) is 1.48. The summed E-state index contributed by atoms with van der Waals surface area (Å²) in [6.45, 7) is 2.04. The Morgan fingerprint density at radius 2 is 2.27 bits per heavy atom. The summed E-state index contributed by atoms with van der Waals surface area (Å²) >= 11 is 3.31. The Morgan fingerprint density at radius 1 is 1.45 bits per heavy atom. The summed E-state index contributed by atoms with van der Waals surface area (Å²) in [5.74, 6) is 0. The van der Waals surface area contributed by atoms with Crippen molar-refractivity contribution in [1.82, 2.24) is 9.97 Å². The highest BCUT2D eigenvalue weighted by atomic mass is 79.9. The van der Waals surface area contributed by atoms with Gasteiger partial charge in [-0.05, 0) is 35.0 Å². The summed E-state index contributed by atoms with van der Waals surface area (Å²) in [7, 11) is 0. The quantitative estimate of drug-likeness (QED) is 0.666. The number of H-pyrrole nitrogens is 1. The second-order valence-electron chi connectivity index (χ2n) is 2.55. The normalized spacial score (nSPS) is 10.7. The van der Waals surface area contributed by atoms with E-state index >= 15 is 0 Å². The van der Waals surface area contributed by atoms with Crippen molar-refractivity contribution in [3.05, 3.63) is 28.6 Å². The second kappa shape index (κ2) is 2.34. The van der Waals surface area contributed by atoms with Crippen molar-refractivity contribution >= 4 is 26.8 Å². The van der Waals surface area contributed by atoms with Crippen molar-refractivity contribution in [2.24, 2.45) is 0 Å². The van der Waals surface area contributed by atoms with Gasteiger partial charge in [-0.2, -0.15) is 0 Å². The molecule has 0 fully saturated rings. The number of nitrogens with one attached hydrogen (secondary N) is 1. The van der Waals surface area contributed by atoms with Crippen LogP contribution in [0.1, 0.15) is 5.69 Å². The average molecular weight is 211 g/mol. The van der Waals surface area contributed by atoms with Crippen LogP contribution >= 0.6 is 15.9 Å². The molecule has 0 aliphatic heterocycles. The molecule has 2 heterocycles. The number of halogens is 1. The van der Waals surface area contributed by atoms with Crippen LogP contribution in [-0.2, 0) is 0 Å². The first-order valence-electron chi connectivity index (χ1n) is 3.36. The molecule has 2 aromatic rings. The number of aryl methyl sites for hydroxylation is 1. The molecule has 0 spiro atoms. The molecular weight excluding hydrogens is 204 g/mol. The Labute approximate surface area is 72.8 Å². The smallest absolute Gasteiger partial charge is 0.108 e. The third kappa shape index (κ3) is 1.16. The lowest BCUT2D eigenvalue weighted by Gasteiger charge is -1.88. The highest BCUT2D eigenvalue weighted by molar-refractivity contribution is 9.10. The Balaban J connectivity index is 2.82. The second-order valence-corrected chi connectivity index (χ2v) is 3.36. The van der Waals surface area contributed by atoms with E-state index in [0.29, 0.717) is 0 Å². The van der Waals surface area contributed by atoms with Crippen molar-refractivity contribution in [3.63, 3.8) is 0 Å². The van der Waals surface area contributed by atoms with Gasteiger partial charge in [-0.25, -0.2) is 4.98 Å². The lowest BCUT2D eigenvalue weighted by Crippen LogP contribution is -1.73. The minimum atomic E-state index is 0.867. The zero-order valence-electron chi connectivity index (χ0n) is 6.06. The molecule has 11 heavy (non-hydrogen) atoms. The number of fused-ring (bicyclic) bond motifs is 1. The van der Waals surface area contributed by atoms with E-state index < -0.39 is 0 Å². The number of nitrogens with zero attached hydrogens (tertiary/aromatic N) is 1. The maximum Gasteiger partial charge on any atom is 0.108 e. The van der Waals surface area contributed by atoms with Gasteiger partial charge >= 0.3 is 0 Å². The first-order chi connectivity index (χ1) is 5.25. The van der Waals surface area contributed by atoms with Gasteiger partial charge in [0.15, 0.2) is 0 Å². The number of hydrogen-bond acceptors (Lipinski definition) is 1. The largest absolute Gasteiger partial charge is 0.359 e. The van der Waals surface area contributed by atoms with Gasteiger partial charge in [-0.15, -0.1) is 0 Å². The van der Waals surface area contributed by atoms with Crippen LogP contribution in [0.4, 0.5) is 0 Å². The fraction of sp³-hybridized carbons (Fsp3) is 0.125. The Morgan fingerprint density at radius 3 is 3.09 bits per heavy atom. The maximum atomic E-state index is 4.12. The Hall–Kier alpha value is -0.830. The van der Waals surface area contributed by atoms with Crippen molar-refractivity contribution in [2.75, 3.05) is 0 Å². The van der Waals surface area contributed by atoms with Gasteiger partial charge in [0.1, 0.15) is 4.60 Å². The van der Waals surface area contributed by atoms with E-state index in [1.54, 1.807) is 0 Å². The molecule has 0 aliphatic rings. The Bertz CT molecular complexity index is 392. The first kappa shape index (κ1) is 6.85. The molecule has 0 aromatic carbocycles. The van der Waals surface area contributed by atoms with Crippen molar-refractivity contribution in [1.29, 1.82) is 0 Å². The van der Waals surface area contributed by atoms with Crippen LogP contribution < -0.4 is 0 Å². The summed E-state index contributed by atoms with van der Waals surface area (Å²) in [6, 6.07) is 4.05. The van der Waals surface area contributed by atoms with E-state index in [1.165, 1.54) is 5.69 Å². The van der Waals surface area contributed by atoms with Gasteiger partial charge < -0.3 is 4.98 Å². The van der Waals surface area contributed by atoms with Gasteiger partial charge in [0, 0.05) is 22.8 Å². The summed E-state index contributed by atoms with van der Waals surface area (Å²) in [4.78, 5) is 7.35. The predicted octanol–water partition coefficient (Wildman–Crippen LogP) is 2.63. The lowest BCUT2D eigenvalue weighted by molar-refractivity contribution is 1.28. The first-order valence-corrected chi connectivity index (χ1v) is 4.16. The van der Waals surface area contributed by atoms with Gasteiger partial charge in [0.25, 0.3) is 0 Å². The molecule has 0 aliphatic carbocycles. The van der Waals surface area contributed by atoms with Gasteiger partial charge in [-0.1, -0.05) is 0 Å². The molecule has 1 N–H and O–H groups in total. The topological polar surface area (TPSA) is 28.7 Å². The van der Waals surface area contributed by atoms with E-state index in [1.807, 2.05) is 19.2 Å². The molecular formula is C8H7BrN2. The SMILES string of the molecule is Cc1cc2cnc(Br)cc2[nH]1. The molecule has 0 saturated carbocycles. The number of rotatable bonds is 0. The number of aromatic nitrogens is 2. The van der Waals surface area contributed by atoms with Gasteiger partial charge in [0.2, 0.25) is 0 Å².